The van der Waals surface area contributed by atoms with Gasteiger partial charge < -0.3 is 0 Å². The first kappa shape index (κ1) is 11.5. The van der Waals surface area contributed by atoms with Crippen LogP contribution in [0.1, 0.15) is 27.7 Å². The summed E-state index contributed by atoms with van der Waals surface area (Å²) in [6.07, 6.45) is 3.48. The van der Waals surface area contributed by atoms with E-state index in [4.69, 9.17) is 11.6 Å². The van der Waals surface area contributed by atoms with E-state index in [1.165, 1.54) is 0 Å². The molecule has 0 spiro atoms. The van der Waals surface area contributed by atoms with Gasteiger partial charge in [-0.25, -0.2) is 4.99 Å². The van der Waals surface area contributed by atoms with Gasteiger partial charge in [0.15, 0.2) is 0 Å². The molecule has 0 rings (SSSR count). The Balaban J connectivity index is 0. The lowest BCUT2D eigenvalue weighted by Crippen LogP contribution is -1.68. The summed E-state index contributed by atoms with van der Waals surface area (Å²) in [5.74, 6) is 0. The third kappa shape index (κ3) is 18.3. The smallest absolute Gasteiger partial charge is 0.103 e. The fourth-order valence-corrected chi connectivity index (χ4v) is 0.234. The Kier molecular flexibility index (Phi) is 13.6. The largest absolute Gasteiger partial charge is 0.250 e. The zero-order valence-electron chi connectivity index (χ0n) is 6.48. The van der Waals surface area contributed by atoms with E-state index in [-0.39, 0.29) is 0 Å². The molecule has 0 radical (unpaired) electrons. The van der Waals surface area contributed by atoms with Crippen molar-refractivity contribution >= 4 is 16.8 Å². The van der Waals surface area contributed by atoms with Crippen LogP contribution in [0.4, 0.5) is 0 Å². The molecule has 0 aliphatic heterocycles. The number of hydrogen-bond donors (Lipinski definition) is 0. The first-order valence-corrected chi connectivity index (χ1v) is 3.46. The maximum atomic E-state index is 5.36. The Bertz CT molecular complexity index is 91.1. The van der Waals surface area contributed by atoms with Crippen molar-refractivity contribution in [2.75, 3.05) is 0 Å². The van der Waals surface area contributed by atoms with Crippen LogP contribution in [0.15, 0.2) is 17.3 Å². The predicted octanol–water partition coefficient (Wildman–Crippen LogP) is 3.20. The number of hydrogen-bond acceptors (Lipinski definition) is 1. The molecule has 1 nitrogen and oxygen atoms in total. The van der Waals surface area contributed by atoms with Gasteiger partial charge >= 0.3 is 0 Å². The van der Waals surface area contributed by atoms with Gasteiger partial charge in [-0.05, 0) is 13.8 Å². The van der Waals surface area contributed by atoms with Crippen molar-refractivity contribution < 1.29 is 0 Å². The Labute approximate surface area is 62.4 Å². The van der Waals surface area contributed by atoms with Crippen LogP contribution in [0.2, 0.25) is 0 Å². The molecule has 0 N–H and O–H groups in total. The van der Waals surface area contributed by atoms with E-state index in [2.05, 4.69) is 4.99 Å². The van der Waals surface area contributed by atoms with Gasteiger partial charge in [0.2, 0.25) is 0 Å². The predicted molar refractivity (Wildman–Crippen MR) is 45.1 cm³/mol. The lowest BCUT2D eigenvalue weighted by Gasteiger charge is -1.75. The van der Waals surface area contributed by atoms with Crippen LogP contribution in [-0.2, 0) is 0 Å². The summed E-state index contributed by atoms with van der Waals surface area (Å²) in [7, 11) is 0. The van der Waals surface area contributed by atoms with Crippen molar-refractivity contribution in [2.45, 2.75) is 27.7 Å². The van der Waals surface area contributed by atoms with E-state index >= 15 is 0 Å². The van der Waals surface area contributed by atoms with Crippen molar-refractivity contribution in [3.63, 3.8) is 0 Å². The zero-order valence-corrected chi connectivity index (χ0v) is 7.24. The SMILES string of the molecule is C/C=C\N=C(C)Cl.CC. The van der Waals surface area contributed by atoms with Gasteiger partial charge in [-0.3, -0.25) is 0 Å². The minimum atomic E-state index is 0.568. The summed E-state index contributed by atoms with van der Waals surface area (Å²) in [6.45, 7) is 7.63. The van der Waals surface area contributed by atoms with E-state index < -0.39 is 0 Å². The van der Waals surface area contributed by atoms with E-state index in [1.54, 1.807) is 13.1 Å². The maximum absolute atomic E-state index is 5.36. The van der Waals surface area contributed by atoms with Gasteiger partial charge in [-0.15, -0.1) is 0 Å². The van der Waals surface area contributed by atoms with E-state index in [0.29, 0.717) is 5.17 Å². The second-order valence-corrected chi connectivity index (χ2v) is 1.66. The van der Waals surface area contributed by atoms with Crippen LogP contribution in [-0.4, -0.2) is 5.17 Å². The quantitative estimate of drug-likeness (QED) is 0.505. The Hall–Kier alpha value is -0.300. The minimum Gasteiger partial charge on any atom is -0.250 e. The highest BCUT2D eigenvalue weighted by atomic mass is 35.5. The van der Waals surface area contributed by atoms with Crippen LogP contribution in [0.3, 0.4) is 0 Å². The number of rotatable bonds is 1. The van der Waals surface area contributed by atoms with Crippen LogP contribution >= 0.6 is 11.6 Å². The molecule has 0 aromatic carbocycles. The van der Waals surface area contributed by atoms with E-state index in [1.807, 2.05) is 26.8 Å². The fraction of sp³-hybridized carbons (Fsp3) is 0.571. The van der Waals surface area contributed by atoms with Gasteiger partial charge in [0, 0.05) is 6.20 Å². The molecule has 0 aliphatic rings. The van der Waals surface area contributed by atoms with E-state index in [9.17, 15) is 0 Å². The van der Waals surface area contributed by atoms with Gasteiger partial charge in [0.25, 0.3) is 0 Å². The Morgan fingerprint density at radius 1 is 1.44 bits per heavy atom. The average molecular weight is 148 g/mol. The highest BCUT2D eigenvalue weighted by Crippen LogP contribution is 1.83. The van der Waals surface area contributed by atoms with Crippen molar-refractivity contribution in [1.29, 1.82) is 0 Å². The molecule has 0 fully saturated rings. The highest BCUT2D eigenvalue weighted by Gasteiger charge is 1.70. The normalized spacial score (nSPS) is 11.0. The van der Waals surface area contributed by atoms with Crippen molar-refractivity contribution in [3.05, 3.63) is 12.3 Å². The molecule has 0 bridgehead atoms. The Morgan fingerprint density at radius 2 is 1.89 bits per heavy atom. The first-order valence-electron chi connectivity index (χ1n) is 3.08. The maximum Gasteiger partial charge on any atom is 0.103 e. The summed E-state index contributed by atoms with van der Waals surface area (Å²) >= 11 is 5.36. The third-order valence-corrected chi connectivity index (χ3v) is 0.499. The minimum absolute atomic E-state index is 0.568. The Morgan fingerprint density at radius 3 is 2.00 bits per heavy atom. The summed E-state index contributed by atoms with van der Waals surface area (Å²) in [4.78, 5) is 3.74. The van der Waals surface area contributed by atoms with Gasteiger partial charge in [0.05, 0.1) is 0 Å². The standard InChI is InChI=1S/C5H8ClN.C2H6/c1-3-4-7-5(2)6;1-2/h3-4H,1-2H3;1-2H3/b4-3-,7-5?;. The van der Waals surface area contributed by atoms with Crippen LogP contribution < -0.4 is 0 Å². The van der Waals surface area contributed by atoms with Gasteiger partial charge in [-0.2, -0.15) is 0 Å². The van der Waals surface area contributed by atoms with Gasteiger partial charge in [0.1, 0.15) is 5.17 Å². The molecular formula is C7H14ClN. The van der Waals surface area contributed by atoms with E-state index in [0.717, 1.165) is 0 Å². The van der Waals surface area contributed by atoms with Gasteiger partial charge in [-0.1, -0.05) is 31.5 Å². The molecule has 0 aromatic heterocycles. The number of halogens is 1. The molecule has 0 aliphatic carbocycles. The average Bonchev–Trinajstić information content (AvgIpc) is 1.88. The molecule has 0 amide bonds. The lowest BCUT2D eigenvalue weighted by molar-refractivity contribution is 1.50. The first-order chi connectivity index (χ1) is 4.27. The molecule has 0 heterocycles. The second kappa shape index (κ2) is 10.6. The zero-order chi connectivity index (χ0) is 7.70. The monoisotopic (exact) mass is 147 g/mol. The molecule has 9 heavy (non-hydrogen) atoms. The third-order valence-electron chi connectivity index (χ3n) is 0.402. The lowest BCUT2D eigenvalue weighted by atomic mass is 10.7. The molecule has 2 heteroatoms. The number of nitrogens with zero attached hydrogens (tertiary/aromatic N) is 1. The molecular weight excluding hydrogens is 134 g/mol. The summed E-state index contributed by atoms with van der Waals surface area (Å²) in [5, 5.41) is 0.568. The van der Waals surface area contributed by atoms with Crippen LogP contribution in [0, 0.1) is 0 Å². The summed E-state index contributed by atoms with van der Waals surface area (Å²) in [5.41, 5.74) is 0. The number of allylic oxidation sites excluding steroid dienone is 1. The fourth-order valence-electron chi connectivity index (χ4n) is 0.177. The van der Waals surface area contributed by atoms with Crippen molar-refractivity contribution in [2.24, 2.45) is 4.99 Å². The van der Waals surface area contributed by atoms with Crippen molar-refractivity contribution in [1.82, 2.24) is 0 Å². The second-order valence-electron chi connectivity index (χ2n) is 1.11. The molecule has 0 unspecified atom stereocenters. The highest BCUT2D eigenvalue weighted by molar-refractivity contribution is 6.64. The summed E-state index contributed by atoms with van der Waals surface area (Å²) < 4.78 is 0. The number of aliphatic imine (C=N–C) groups is 1. The van der Waals surface area contributed by atoms with Crippen LogP contribution in [0.5, 0.6) is 0 Å². The topological polar surface area (TPSA) is 12.4 Å². The molecule has 54 valence electrons. The molecule has 0 saturated heterocycles. The molecule has 0 atom stereocenters. The van der Waals surface area contributed by atoms with Crippen LogP contribution in [0.25, 0.3) is 0 Å². The van der Waals surface area contributed by atoms with Crippen molar-refractivity contribution in [3.8, 4) is 0 Å². The summed E-state index contributed by atoms with van der Waals surface area (Å²) in [6, 6.07) is 0. The molecule has 0 saturated carbocycles. The molecule has 0 aromatic rings.